The number of Topliss-reactive ketones (excluding diaryl/α,β-unsaturated/α-hetero) is 1. The van der Waals surface area contributed by atoms with Crippen molar-refractivity contribution < 1.29 is 23.9 Å². The van der Waals surface area contributed by atoms with E-state index in [1.54, 1.807) is 6.92 Å². The highest BCUT2D eigenvalue weighted by Crippen LogP contribution is 2.32. The molecule has 0 aliphatic carbocycles. The van der Waals surface area contributed by atoms with Gasteiger partial charge in [0.25, 0.3) is 0 Å². The fourth-order valence-electron chi connectivity index (χ4n) is 2.48. The molecule has 2 aliphatic rings. The van der Waals surface area contributed by atoms with Crippen LogP contribution in [0.1, 0.15) is 32.6 Å². The van der Waals surface area contributed by atoms with Crippen molar-refractivity contribution in [1.29, 1.82) is 0 Å². The Morgan fingerprint density at radius 3 is 2.88 bits per heavy atom. The summed E-state index contributed by atoms with van der Waals surface area (Å²) >= 11 is 0. The minimum Gasteiger partial charge on any atom is -0.466 e. The number of fused-ring (bicyclic) bond motifs is 3. The molecule has 2 aliphatic heterocycles. The Bertz CT molecular complexity index is 349. The van der Waals surface area contributed by atoms with Crippen molar-refractivity contribution in [3.63, 3.8) is 0 Å². The normalized spacial score (nSPS) is 32.6. The lowest BCUT2D eigenvalue weighted by atomic mass is 9.85. The molecule has 2 bridgehead atoms. The number of ether oxygens (including phenoxy) is 2. The van der Waals surface area contributed by atoms with Crippen LogP contribution in [-0.2, 0) is 23.9 Å². The average molecular weight is 240 g/mol. The molecule has 0 saturated carbocycles. The maximum Gasteiger partial charge on any atom is 0.316 e. The monoisotopic (exact) mass is 240 g/mol. The number of hydrogen-bond donors (Lipinski definition) is 0. The highest BCUT2D eigenvalue weighted by molar-refractivity contribution is 6.01. The van der Waals surface area contributed by atoms with E-state index in [0.29, 0.717) is 12.8 Å². The molecule has 0 spiro atoms. The predicted molar refractivity (Wildman–Crippen MR) is 57.0 cm³/mol. The molecule has 5 heteroatoms. The third-order valence-electron chi connectivity index (χ3n) is 3.38. The Labute approximate surface area is 99.5 Å². The van der Waals surface area contributed by atoms with Gasteiger partial charge in [0.1, 0.15) is 23.7 Å². The lowest BCUT2D eigenvalue weighted by Crippen LogP contribution is -2.32. The van der Waals surface area contributed by atoms with Crippen LogP contribution in [0.25, 0.3) is 0 Å². The van der Waals surface area contributed by atoms with Crippen molar-refractivity contribution in [2.24, 2.45) is 11.8 Å². The summed E-state index contributed by atoms with van der Waals surface area (Å²) in [4.78, 5) is 35.2. The lowest BCUT2D eigenvalue weighted by Gasteiger charge is -2.22. The molecule has 2 saturated heterocycles. The van der Waals surface area contributed by atoms with Crippen molar-refractivity contribution in [3.05, 3.63) is 0 Å². The van der Waals surface area contributed by atoms with Crippen LogP contribution >= 0.6 is 0 Å². The number of carbonyl (C=O) groups excluding carboxylic acids is 3. The fraction of sp³-hybridized carbons (Fsp3) is 0.750. The molecule has 5 nitrogen and oxygen atoms in total. The third kappa shape index (κ3) is 2.33. The van der Waals surface area contributed by atoms with E-state index in [9.17, 15) is 14.4 Å². The maximum absolute atomic E-state index is 11.8. The summed E-state index contributed by atoms with van der Waals surface area (Å²) in [6, 6.07) is 0. The van der Waals surface area contributed by atoms with Crippen LogP contribution in [0.2, 0.25) is 0 Å². The van der Waals surface area contributed by atoms with E-state index < -0.39 is 29.9 Å². The Kier molecular flexibility index (Phi) is 3.45. The zero-order valence-electron chi connectivity index (χ0n) is 9.81. The Morgan fingerprint density at radius 1 is 1.41 bits per heavy atom. The lowest BCUT2D eigenvalue weighted by molar-refractivity contribution is -0.160. The second-order valence-corrected chi connectivity index (χ2v) is 4.49. The van der Waals surface area contributed by atoms with E-state index in [0.717, 1.165) is 6.42 Å². The molecule has 2 heterocycles. The number of rotatable bonds is 2. The van der Waals surface area contributed by atoms with Gasteiger partial charge in [-0.3, -0.25) is 14.4 Å². The van der Waals surface area contributed by atoms with Crippen molar-refractivity contribution in [2.75, 3.05) is 6.61 Å². The molecule has 0 radical (unpaired) electrons. The van der Waals surface area contributed by atoms with Crippen LogP contribution < -0.4 is 0 Å². The highest BCUT2D eigenvalue weighted by Gasteiger charge is 2.44. The van der Waals surface area contributed by atoms with E-state index in [1.165, 1.54) is 0 Å². The first kappa shape index (κ1) is 12.1. The summed E-state index contributed by atoms with van der Waals surface area (Å²) in [7, 11) is 0. The molecule has 0 aromatic heterocycles. The van der Waals surface area contributed by atoms with Gasteiger partial charge in [-0.15, -0.1) is 0 Å². The summed E-state index contributed by atoms with van der Waals surface area (Å²) in [6.45, 7) is 1.99. The molecule has 0 unspecified atom stereocenters. The van der Waals surface area contributed by atoms with Crippen LogP contribution in [0.15, 0.2) is 0 Å². The SMILES string of the molecule is CCOC(=O)[C@H]1CC(=O)[C@@H]2CCC[C@H]1OC2=O. The molecule has 3 atom stereocenters. The van der Waals surface area contributed by atoms with Gasteiger partial charge in [-0.05, 0) is 26.2 Å². The van der Waals surface area contributed by atoms with Crippen LogP contribution in [-0.4, -0.2) is 30.4 Å². The molecule has 0 amide bonds. The number of esters is 2. The summed E-state index contributed by atoms with van der Waals surface area (Å²) in [5, 5.41) is 0. The molecule has 0 aromatic rings. The largest absolute Gasteiger partial charge is 0.466 e. The topological polar surface area (TPSA) is 69.7 Å². The first-order valence-electron chi connectivity index (χ1n) is 6.03. The smallest absolute Gasteiger partial charge is 0.316 e. The zero-order chi connectivity index (χ0) is 12.4. The van der Waals surface area contributed by atoms with Gasteiger partial charge in [-0.25, -0.2) is 0 Å². The van der Waals surface area contributed by atoms with E-state index in [2.05, 4.69) is 0 Å². The van der Waals surface area contributed by atoms with Crippen molar-refractivity contribution >= 4 is 17.7 Å². The standard InChI is InChI=1S/C12H16O5/c1-2-16-11(14)8-6-9(13)7-4-3-5-10(8)17-12(7)15/h7-8,10H,2-6H2,1H3/t7-,8-,10+/m0/s1. The molecule has 0 aromatic carbocycles. The fourth-order valence-corrected chi connectivity index (χ4v) is 2.48. The summed E-state index contributed by atoms with van der Waals surface area (Å²) in [5.41, 5.74) is 0. The molecular formula is C12H16O5. The van der Waals surface area contributed by atoms with E-state index in [4.69, 9.17) is 9.47 Å². The Morgan fingerprint density at radius 2 is 2.18 bits per heavy atom. The Balaban J connectivity index is 2.21. The van der Waals surface area contributed by atoms with Gasteiger partial charge in [-0.1, -0.05) is 0 Å². The van der Waals surface area contributed by atoms with Gasteiger partial charge >= 0.3 is 11.9 Å². The van der Waals surface area contributed by atoms with Gasteiger partial charge in [0, 0.05) is 6.42 Å². The van der Waals surface area contributed by atoms with E-state index in [-0.39, 0.29) is 18.8 Å². The second kappa shape index (κ2) is 4.85. The third-order valence-corrected chi connectivity index (χ3v) is 3.38. The first-order chi connectivity index (χ1) is 8.13. The summed E-state index contributed by atoms with van der Waals surface area (Å²) in [5.74, 6) is -2.36. The van der Waals surface area contributed by atoms with Gasteiger partial charge in [0.15, 0.2) is 0 Å². The molecule has 2 rings (SSSR count). The van der Waals surface area contributed by atoms with Crippen LogP contribution in [0.5, 0.6) is 0 Å². The maximum atomic E-state index is 11.8. The van der Waals surface area contributed by atoms with Crippen molar-refractivity contribution in [1.82, 2.24) is 0 Å². The predicted octanol–water partition coefficient (Wildman–Crippen LogP) is 0.850. The molecule has 2 fully saturated rings. The van der Waals surface area contributed by atoms with Crippen molar-refractivity contribution in [3.8, 4) is 0 Å². The van der Waals surface area contributed by atoms with Crippen LogP contribution in [0, 0.1) is 11.8 Å². The van der Waals surface area contributed by atoms with Gasteiger partial charge in [-0.2, -0.15) is 0 Å². The summed E-state index contributed by atoms with van der Waals surface area (Å²) < 4.78 is 10.2. The molecular weight excluding hydrogens is 224 g/mol. The number of ketones is 1. The van der Waals surface area contributed by atoms with Crippen LogP contribution in [0.4, 0.5) is 0 Å². The van der Waals surface area contributed by atoms with Gasteiger partial charge in [0.05, 0.1) is 6.61 Å². The minimum atomic E-state index is -0.667. The van der Waals surface area contributed by atoms with Gasteiger partial charge in [0.2, 0.25) is 0 Å². The van der Waals surface area contributed by atoms with E-state index in [1.807, 2.05) is 0 Å². The average Bonchev–Trinajstić information content (AvgIpc) is 2.52. The Hall–Kier alpha value is -1.39. The van der Waals surface area contributed by atoms with Crippen molar-refractivity contribution in [2.45, 2.75) is 38.7 Å². The highest BCUT2D eigenvalue weighted by atomic mass is 16.6. The quantitative estimate of drug-likeness (QED) is 0.528. The molecule has 17 heavy (non-hydrogen) atoms. The summed E-state index contributed by atoms with van der Waals surface area (Å²) in [6.07, 6.45) is 1.50. The number of carbonyl (C=O) groups is 3. The van der Waals surface area contributed by atoms with Crippen LogP contribution in [0.3, 0.4) is 0 Å². The molecule has 0 N–H and O–H groups in total. The zero-order valence-corrected chi connectivity index (χ0v) is 9.81. The van der Waals surface area contributed by atoms with E-state index >= 15 is 0 Å². The molecule has 94 valence electrons. The van der Waals surface area contributed by atoms with Gasteiger partial charge < -0.3 is 9.47 Å². The minimum absolute atomic E-state index is 0.0694. The number of hydrogen-bond acceptors (Lipinski definition) is 5. The second-order valence-electron chi connectivity index (χ2n) is 4.49. The first-order valence-corrected chi connectivity index (χ1v) is 6.03.